The fourth-order valence-corrected chi connectivity index (χ4v) is 8.29. The van der Waals surface area contributed by atoms with E-state index < -0.39 is 0 Å². The Balaban J connectivity index is 1.53. The Labute approximate surface area is 242 Å². The van der Waals surface area contributed by atoms with Crippen molar-refractivity contribution in [2.45, 2.75) is 0 Å². The molecule has 3 heterocycles. The highest BCUT2D eigenvalue weighted by Gasteiger charge is 2.21. The largest absolute Gasteiger partial charge is 0.307 e. The molecule has 0 atom stereocenters. The molecule has 0 aliphatic heterocycles. The first kappa shape index (κ1) is 22.4. The molecule has 4 heteroatoms. The van der Waals surface area contributed by atoms with Gasteiger partial charge in [0.15, 0.2) is 0 Å². The number of hydrogen-bond acceptors (Lipinski definition) is 1. The van der Waals surface area contributed by atoms with Crippen LogP contribution in [-0.2, 0) is 0 Å². The number of aromatic nitrogens is 2. The molecule has 3 aromatic heterocycles. The van der Waals surface area contributed by atoms with Crippen LogP contribution >= 0.6 is 27.3 Å². The van der Waals surface area contributed by atoms with Crippen molar-refractivity contribution >= 4 is 91.1 Å². The first-order valence-corrected chi connectivity index (χ1v) is 15.0. The molecule has 0 saturated heterocycles. The van der Waals surface area contributed by atoms with Gasteiger partial charge in [-0.25, -0.2) is 0 Å². The molecule has 188 valence electrons. The molecular weight excluding hydrogens is 572 g/mol. The average Bonchev–Trinajstić information content (AvgIpc) is 3.66. The number of rotatable bonds is 2. The maximum Gasteiger partial charge on any atom is 0.0788 e. The lowest BCUT2D eigenvalue weighted by molar-refractivity contribution is 1.15. The second-order valence-electron chi connectivity index (χ2n) is 10.3. The monoisotopic (exact) mass is 592 g/mol. The van der Waals surface area contributed by atoms with E-state index in [1.54, 1.807) is 0 Å². The summed E-state index contributed by atoms with van der Waals surface area (Å²) in [6, 6.07) is 46.3. The molecular formula is C36H21BrN2S. The third kappa shape index (κ3) is 2.98. The van der Waals surface area contributed by atoms with Crippen molar-refractivity contribution in [3.05, 3.63) is 132 Å². The SMILES string of the molecule is Brc1cc(-n2c3ccccc3c3ccc4c5ccccc5n(-c5ccccc5)c4c32)cc2c1sc1ccccc12. The number of hydrogen-bond donors (Lipinski definition) is 0. The Bertz CT molecular complexity index is 2440. The third-order valence-electron chi connectivity index (χ3n) is 8.16. The first-order chi connectivity index (χ1) is 19.8. The summed E-state index contributed by atoms with van der Waals surface area (Å²) in [4.78, 5) is 0. The lowest BCUT2D eigenvalue weighted by Crippen LogP contribution is -1.98. The Morgan fingerprint density at radius 2 is 1.00 bits per heavy atom. The van der Waals surface area contributed by atoms with Crippen LogP contribution in [-0.4, -0.2) is 9.13 Å². The number of fused-ring (bicyclic) bond motifs is 10. The smallest absolute Gasteiger partial charge is 0.0788 e. The van der Waals surface area contributed by atoms with Gasteiger partial charge in [0.2, 0.25) is 0 Å². The summed E-state index contributed by atoms with van der Waals surface area (Å²) in [5, 5.41) is 7.63. The summed E-state index contributed by atoms with van der Waals surface area (Å²) >= 11 is 5.81. The minimum Gasteiger partial charge on any atom is -0.307 e. The summed E-state index contributed by atoms with van der Waals surface area (Å²) in [5.41, 5.74) is 7.20. The van der Waals surface area contributed by atoms with Crippen LogP contribution in [0.2, 0.25) is 0 Å². The molecule has 0 N–H and O–H groups in total. The molecule has 0 aliphatic rings. The van der Waals surface area contributed by atoms with Crippen LogP contribution in [0.4, 0.5) is 0 Å². The fraction of sp³-hybridized carbons (Fsp3) is 0. The fourth-order valence-electron chi connectivity index (χ4n) is 6.51. The average molecular weight is 594 g/mol. The highest BCUT2D eigenvalue weighted by atomic mass is 79.9. The van der Waals surface area contributed by atoms with Gasteiger partial charge in [0, 0.05) is 57.6 Å². The van der Waals surface area contributed by atoms with Gasteiger partial charge in [-0.2, -0.15) is 0 Å². The number of para-hydroxylation sites is 3. The van der Waals surface area contributed by atoms with Gasteiger partial charge in [-0.05, 0) is 58.4 Å². The number of thiophene rings is 1. The molecule has 9 aromatic rings. The van der Waals surface area contributed by atoms with E-state index >= 15 is 0 Å². The number of benzene rings is 6. The normalized spacial score (nSPS) is 12.1. The van der Waals surface area contributed by atoms with E-state index in [9.17, 15) is 0 Å². The maximum atomic E-state index is 3.96. The van der Waals surface area contributed by atoms with E-state index in [0.717, 1.165) is 10.2 Å². The minimum atomic E-state index is 1.13. The molecule has 0 saturated carbocycles. The molecule has 0 aliphatic carbocycles. The zero-order valence-electron chi connectivity index (χ0n) is 21.3. The number of nitrogens with zero attached hydrogens (tertiary/aromatic N) is 2. The molecule has 0 bridgehead atoms. The second-order valence-corrected chi connectivity index (χ2v) is 12.2. The Kier molecular flexibility index (Phi) is 4.66. The van der Waals surface area contributed by atoms with Gasteiger partial charge >= 0.3 is 0 Å². The molecule has 0 spiro atoms. The van der Waals surface area contributed by atoms with E-state index in [0.29, 0.717) is 0 Å². The molecule has 40 heavy (non-hydrogen) atoms. The van der Waals surface area contributed by atoms with Gasteiger partial charge in [0.1, 0.15) is 0 Å². The van der Waals surface area contributed by atoms with Crippen molar-refractivity contribution in [2.24, 2.45) is 0 Å². The summed E-state index contributed by atoms with van der Waals surface area (Å²) in [6.45, 7) is 0. The molecule has 2 nitrogen and oxygen atoms in total. The van der Waals surface area contributed by atoms with E-state index in [4.69, 9.17) is 0 Å². The van der Waals surface area contributed by atoms with E-state index in [1.807, 2.05) is 11.3 Å². The summed E-state index contributed by atoms with van der Waals surface area (Å²) in [6.07, 6.45) is 0. The van der Waals surface area contributed by atoms with Crippen LogP contribution in [0.3, 0.4) is 0 Å². The first-order valence-electron chi connectivity index (χ1n) is 13.4. The third-order valence-corrected chi connectivity index (χ3v) is 10.3. The predicted octanol–water partition coefficient (Wildman–Crippen LogP) is 11.0. The highest BCUT2D eigenvalue weighted by molar-refractivity contribution is 9.10. The van der Waals surface area contributed by atoms with Gasteiger partial charge in [0.05, 0.1) is 22.1 Å². The van der Waals surface area contributed by atoms with E-state index in [1.165, 1.54) is 69.5 Å². The number of halogens is 1. The van der Waals surface area contributed by atoms with Gasteiger partial charge in [-0.3, -0.25) is 0 Å². The molecule has 9 rings (SSSR count). The quantitative estimate of drug-likeness (QED) is 0.189. The van der Waals surface area contributed by atoms with Crippen LogP contribution in [0, 0.1) is 0 Å². The van der Waals surface area contributed by atoms with Gasteiger partial charge in [0.25, 0.3) is 0 Å². The van der Waals surface area contributed by atoms with Crippen molar-refractivity contribution in [3.63, 3.8) is 0 Å². The molecule has 0 fully saturated rings. The molecule has 6 aromatic carbocycles. The van der Waals surface area contributed by atoms with E-state index in [2.05, 4.69) is 152 Å². The van der Waals surface area contributed by atoms with Gasteiger partial charge in [-0.1, -0.05) is 84.9 Å². The van der Waals surface area contributed by atoms with Gasteiger partial charge < -0.3 is 9.13 Å². The van der Waals surface area contributed by atoms with Crippen molar-refractivity contribution in [3.8, 4) is 11.4 Å². The van der Waals surface area contributed by atoms with Crippen molar-refractivity contribution in [1.29, 1.82) is 0 Å². The van der Waals surface area contributed by atoms with Crippen LogP contribution in [0.5, 0.6) is 0 Å². The minimum absolute atomic E-state index is 1.13. The molecule has 0 amide bonds. The predicted molar refractivity (Wildman–Crippen MR) is 176 cm³/mol. The lowest BCUT2D eigenvalue weighted by Gasteiger charge is -2.13. The van der Waals surface area contributed by atoms with Crippen molar-refractivity contribution in [2.75, 3.05) is 0 Å². The molecule has 0 unspecified atom stereocenters. The van der Waals surface area contributed by atoms with Crippen LogP contribution in [0.1, 0.15) is 0 Å². The van der Waals surface area contributed by atoms with Crippen molar-refractivity contribution in [1.82, 2.24) is 9.13 Å². The Hall–Kier alpha value is -4.38. The standard InChI is InChI=1S/C36H21BrN2S/c37-30-21-23(20-29-26-14-6-9-17-33(26)40-36(29)30)39-32-16-8-5-13-25(32)28-19-18-27-24-12-4-7-15-31(24)38(34(27)35(28)39)22-10-2-1-3-11-22/h1-21H. The highest BCUT2D eigenvalue weighted by Crippen LogP contribution is 2.44. The zero-order valence-corrected chi connectivity index (χ0v) is 23.7. The Morgan fingerprint density at radius 3 is 1.68 bits per heavy atom. The summed E-state index contributed by atoms with van der Waals surface area (Å²) in [5.74, 6) is 0. The van der Waals surface area contributed by atoms with E-state index in [-0.39, 0.29) is 0 Å². The van der Waals surface area contributed by atoms with Gasteiger partial charge in [-0.15, -0.1) is 11.3 Å². The second kappa shape index (κ2) is 8.31. The summed E-state index contributed by atoms with van der Waals surface area (Å²) in [7, 11) is 0. The Morgan fingerprint density at radius 1 is 0.450 bits per heavy atom. The zero-order chi connectivity index (χ0) is 26.4. The molecule has 0 radical (unpaired) electrons. The van der Waals surface area contributed by atoms with Crippen LogP contribution in [0.15, 0.2) is 132 Å². The van der Waals surface area contributed by atoms with Crippen molar-refractivity contribution < 1.29 is 0 Å². The lowest BCUT2D eigenvalue weighted by atomic mass is 10.1. The topological polar surface area (TPSA) is 9.86 Å². The van der Waals surface area contributed by atoms with Crippen LogP contribution < -0.4 is 0 Å². The summed E-state index contributed by atoms with van der Waals surface area (Å²) < 4.78 is 8.64. The van der Waals surface area contributed by atoms with Crippen LogP contribution in [0.25, 0.3) is 75.2 Å². The maximum absolute atomic E-state index is 3.96.